The number of furan rings is 1. The molecule has 274 valence electrons. The van der Waals surface area contributed by atoms with Crippen LogP contribution < -0.4 is 0 Å². The van der Waals surface area contributed by atoms with Crippen LogP contribution in [0.2, 0.25) is 0 Å². The summed E-state index contributed by atoms with van der Waals surface area (Å²) in [6, 6.07) is 68.9. The highest BCUT2D eigenvalue weighted by molar-refractivity contribution is 6.29. The highest BCUT2D eigenvalue weighted by atomic mass is 16.3. The average Bonchev–Trinajstić information content (AvgIpc) is 3.96. The van der Waals surface area contributed by atoms with E-state index in [2.05, 4.69) is 191 Å². The van der Waals surface area contributed by atoms with Crippen molar-refractivity contribution in [1.82, 2.24) is 19.1 Å². The highest BCUT2D eigenvalue weighted by Crippen LogP contribution is 2.45. The first-order valence-electron chi connectivity index (χ1n) is 20.0. The summed E-state index contributed by atoms with van der Waals surface area (Å²) in [4.78, 5) is 11.1. The Morgan fingerprint density at radius 2 is 1.00 bits per heavy atom. The Morgan fingerprint density at radius 3 is 1.86 bits per heavy atom. The molecule has 4 heterocycles. The van der Waals surface area contributed by atoms with Gasteiger partial charge in [0.05, 0.1) is 38.7 Å². The molecule has 0 bridgehead atoms. The van der Waals surface area contributed by atoms with Gasteiger partial charge in [-0.2, -0.15) is 0 Å². The Kier molecular flexibility index (Phi) is 6.66. The number of para-hydroxylation sites is 3. The molecule has 0 atom stereocenters. The van der Waals surface area contributed by atoms with Crippen LogP contribution in [0.1, 0.15) is 0 Å². The SMILES string of the molecule is c1ccc(-c2ccc(-c3nc(-n4c5c(ccc6oc7ccccc7c65)c5ccc6c7ccccc7n(-c7ccc8ccccc8c7)c6c54)nc4ccccc34)cc2)cc1. The van der Waals surface area contributed by atoms with Crippen molar-refractivity contribution in [3.63, 3.8) is 0 Å². The second-order valence-corrected chi connectivity index (χ2v) is 15.3. The maximum Gasteiger partial charge on any atom is 0.235 e. The number of nitrogens with zero attached hydrogens (tertiary/aromatic N) is 4. The van der Waals surface area contributed by atoms with Gasteiger partial charge in [-0.3, -0.25) is 4.57 Å². The van der Waals surface area contributed by atoms with Crippen molar-refractivity contribution in [3.8, 4) is 34.0 Å². The van der Waals surface area contributed by atoms with Crippen LogP contribution in [0.4, 0.5) is 0 Å². The van der Waals surface area contributed by atoms with Gasteiger partial charge in [0.1, 0.15) is 11.2 Å². The van der Waals surface area contributed by atoms with Crippen LogP contribution in [-0.4, -0.2) is 19.1 Å². The third-order valence-electron chi connectivity index (χ3n) is 12.1. The lowest BCUT2D eigenvalue weighted by Crippen LogP contribution is -2.05. The summed E-state index contributed by atoms with van der Waals surface area (Å²) >= 11 is 0. The lowest BCUT2D eigenvalue weighted by atomic mass is 10.0. The van der Waals surface area contributed by atoms with Crippen molar-refractivity contribution < 1.29 is 4.42 Å². The zero-order chi connectivity index (χ0) is 38.6. The molecule has 4 aromatic heterocycles. The number of aromatic nitrogens is 4. The number of fused-ring (bicyclic) bond motifs is 13. The van der Waals surface area contributed by atoms with Gasteiger partial charge in [0.2, 0.25) is 5.95 Å². The molecule has 0 aliphatic carbocycles. The predicted molar refractivity (Wildman–Crippen MR) is 244 cm³/mol. The first kappa shape index (κ1) is 32.1. The molecular formula is C54H32N4O. The second-order valence-electron chi connectivity index (χ2n) is 15.3. The first-order valence-corrected chi connectivity index (χ1v) is 20.0. The van der Waals surface area contributed by atoms with E-state index in [0.717, 1.165) is 93.6 Å². The summed E-state index contributed by atoms with van der Waals surface area (Å²) in [5.41, 5.74) is 12.2. The van der Waals surface area contributed by atoms with Crippen LogP contribution in [0.3, 0.4) is 0 Å². The molecule has 0 aliphatic heterocycles. The molecule has 0 amide bonds. The van der Waals surface area contributed by atoms with Crippen LogP contribution in [0, 0.1) is 0 Å². The maximum absolute atomic E-state index is 6.57. The molecular weight excluding hydrogens is 721 g/mol. The zero-order valence-corrected chi connectivity index (χ0v) is 31.7. The first-order chi connectivity index (χ1) is 29.3. The standard InChI is InChI=1S/C54H32N4O/c1-2-12-33(13-3-1)35-22-24-36(25-23-35)50-43-17-6-9-19-45(43)55-54(56-50)58-51-41(30-31-48-49(51)44-18-8-11-21-47(44)59-48)42-29-28-40-39-16-7-10-20-46(39)57(52(40)53(42)58)38-27-26-34-14-4-5-15-37(34)32-38/h1-32H. The number of hydrogen-bond donors (Lipinski definition) is 0. The van der Waals surface area contributed by atoms with Crippen LogP contribution in [-0.2, 0) is 0 Å². The van der Waals surface area contributed by atoms with E-state index in [9.17, 15) is 0 Å². The number of hydrogen-bond acceptors (Lipinski definition) is 3. The normalized spacial score (nSPS) is 12.1. The maximum atomic E-state index is 6.57. The van der Waals surface area contributed by atoms with Gasteiger partial charge >= 0.3 is 0 Å². The number of rotatable bonds is 4. The van der Waals surface area contributed by atoms with Gasteiger partial charge < -0.3 is 8.98 Å². The van der Waals surface area contributed by atoms with E-state index < -0.39 is 0 Å². The third kappa shape index (κ3) is 4.67. The zero-order valence-electron chi connectivity index (χ0n) is 31.7. The van der Waals surface area contributed by atoms with Crippen molar-refractivity contribution in [2.45, 2.75) is 0 Å². The van der Waals surface area contributed by atoms with Crippen LogP contribution in [0.25, 0.3) is 121 Å². The minimum absolute atomic E-state index is 0.603. The molecule has 0 unspecified atom stereocenters. The van der Waals surface area contributed by atoms with Gasteiger partial charge in [-0.25, -0.2) is 9.97 Å². The van der Waals surface area contributed by atoms with Crippen molar-refractivity contribution in [3.05, 3.63) is 194 Å². The highest BCUT2D eigenvalue weighted by Gasteiger charge is 2.26. The van der Waals surface area contributed by atoms with E-state index in [1.165, 1.54) is 21.7 Å². The third-order valence-corrected chi connectivity index (χ3v) is 12.1. The molecule has 5 nitrogen and oxygen atoms in total. The minimum Gasteiger partial charge on any atom is -0.456 e. The number of benzene rings is 9. The van der Waals surface area contributed by atoms with Crippen molar-refractivity contribution >= 4 is 87.2 Å². The molecule has 13 rings (SSSR count). The average molecular weight is 753 g/mol. The van der Waals surface area contributed by atoms with E-state index in [4.69, 9.17) is 14.4 Å². The molecule has 0 saturated heterocycles. The lowest BCUT2D eigenvalue weighted by Gasteiger charge is -2.14. The second kappa shape index (κ2) is 12.2. The van der Waals surface area contributed by atoms with E-state index in [1.807, 2.05) is 12.1 Å². The van der Waals surface area contributed by atoms with Gasteiger partial charge in [0.15, 0.2) is 0 Å². The summed E-state index contributed by atoms with van der Waals surface area (Å²) < 4.78 is 11.3. The van der Waals surface area contributed by atoms with E-state index in [1.54, 1.807) is 0 Å². The Hall–Kier alpha value is -8.02. The van der Waals surface area contributed by atoms with Crippen LogP contribution in [0.5, 0.6) is 0 Å². The Labute approximate surface area is 337 Å². The molecule has 0 saturated carbocycles. The largest absolute Gasteiger partial charge is 0.456 e. The monoisotopic (exact) mass is 752 g/mol. The topological polar surface area (TPSA) is 48.8 Å². The van der Waals surface area contributed by atoms with Gasteiger partial charge in [-0.1, -0.05) is 152 Å². The molecule has 0 aliphatic rings. The molecule has 0 spiro atoms. The molecule has 59 heavy (non-hydrogen) atoms. The Balaban J connectivity index is 1.20. The van der Waals surface area contributed by atoms with Crippen LogP contribution in [0.15, 0.2) is 199 Å². The predicted octanol–water partition coefficient (Wildman–Crippen LogP) is 14.2. The molecule has 0 radical (unpaired) electrons. The summed E-state index contributed by atoms with van der Waals surface area (Å²) in [6.45, 7) is 0. The van der Waals surface area contributed by atoms with E-state index >= 15 is 0 Å². The van der Waals surface area contributed by atoms with Gasteiger partial charge in [0, 0.05) is 43.6 Å². The van der Waals surface area contributed by atoms with Gasteiger partial charge in [-0.05, 0) is 64.4 Å². The Morgan fingerprint density at radius 1 is 0.373 bits per heavy atom. The Bertz CT molecular complexity index is 3830. The van der Waals surface area contributed by atoms with E-state index in [-0.39, 0.29) is 0 Å². The minimum atomic E-state index is 0.603. The lowest BCUT2D eigenvalue weighted by molar-refractivity contribution is 0.669. The molecule has 13 aromatic rings. The van der Waals surface area contributed by atoms with E-state index in [0.29, 0.717) is 5.95 Å². The summed E-state index contributed by atoms with van der Waals surface area (Å²) in [5.74, 6) is 0.603. The molecule has 0 fully saturated rings. The fraction of sp³-hybridized carbons (Fsp3) is 0. The van der Waals surface area contributed by atoms with Crippen LogP contribution >= 0.6 is 0 Å². The van der Waals surface area contributed by atoms with Crippen molar-refractivity contribution in [2.24, 2.45) is 0 Å². The summed E-state index contributed by atoms with van der Waals surface area (Å²) in [7, 11) is 0. The quantitative estimate of drug-likeness (QED) is 0.180. The molecule has 0 N–H and O–H groups in total. The fourth-order valence-electron chi connectivity index (χ4n) is 9.46. The summed E-state index contributed by atoms with van der Waals surface area (Å²) in [5, 5.41) is 10.1. The van der Waals surface area contributed by atoms with Gasteiger partial charge in [-0.15, -0.1) is 0 Å². The molecule has 9 aromatic carbocycles. The smallest absolute Gasteiger partial charge is 0.235 e. The van der Waals surface area contributed by atoms with Gasteiger partial charge in [0.25, 0.3) is 0 Å². The van der Waals surface area contributed by atoms with Crippen molar-refractivity contribution in [2.75, 3.05) is 0 Å². The molecule has 5 heteroatoms. The fourth-order valence-corrected chi connectivity index (χ4v) is 9.46. The summed E-state index contributed by atoms with van der Waals surface area (Å²) in [6.07, 6.45) is 0. The van der Waals surface area contributed by atoms with Crippen molar-refractivity contribution in [1.29, 1.82) is 0 Å².